The molecule has 0 bridgehead atoms. The highest BCUT2D eigenvalue weighted by Gasteiger charge is 2.29. The zero-order valence-electron chi connectivity index (χ0n) is 11.1. The number of nitrogens with zero attached hydrogens (tertiary/aromatic N) is 1. The predicted octanol–water partition coefficient (Wildman–Crippen LogP) is 1.28. The Kier molecular flexibility index (Phi) is 4.50. The molecular formula is C14H19FN2O2. The number of hydrogen-bond donors (Lipinski definition) is 1. The summed E-state index contributed by atoms with van der Waals surface area (Å²) < 4.78 is 18.5. The number of esters is 1. The van der Waals surface area contributed by atoms with Crippen molar-refractivity contribution in [1.82, 2.24) is 4.90 Å². The highest BCUT2D eigenvalue weighted by molar-refractivity contribution is 5.72. The second-order valence-corrected chi connectivity index (χ2v) is 4.87. The summed E-state index contributed by atoms with van der Waals surface area (Å²) in [6.45, 7) is 2.32. The lowest BCUT2D eigenvalue weighted by Gasteiger charge is -2.16. The van der Waals surface area contributed by atoms with Gasteiger partial charge in [0.1, 0.15) is 5.82 Å². The van der Waals surface area contributed by atoms with E-state index in [0.717, 1.165) is 18.5 Å². The Balaban J connectivity index is 2.01. The summed E-state index contributed by atoms with van der Waals surface area (Å²) in [6.07, 6.45) is 0.769. The maximum Gasteiger partial charge on any atom is 0.310 e. The van der Waals surface area contributed by atoms with E-state index < -0.39 is 0 Å². The van der Waals surface area contributed by atoms with E-state index in [1.807, 2.05) is 0 Å². The number of carbonyl (C=O) groups is 1. The molecule has 4 nitrogen and oxygen atoms in total. The van der Waals surface area contributed by atoms with E-state index in [4.69, 9.17) is 10.5 Å². The molecule has 104 valence electrons. The topological polar surface area (TPSA) is 55.6 Å². The van der Waals surface area contributed by atoms with Gasteiger partial charge in [-0.2, -0.15) is 0 Å². The van der Waals surface area contributed by atoms with Gasteiger partial charge in [-0.3, -0.25) is 9.69 Å². The quantitative estimate of drug-likeness (QED) is 0.834. The molecule has 0 aliphatic carbocycles. The van der Waals surface area contributed by atoms with Crippen LogP contribution in [0, 0.1) is 11.7 Å². The van der Waals surface area contributed by atoms with Crippen LogP contribution in [0.25, 0.3) is 0 Å². The van der Waals surface area contributed by atoms with E-state index in [0.29, 0.717) is 25.2 Å². The lowest BCUT2D eigenvalue weighted by molar-refractivity contribution is -0.144. The molecule has 1 aliphatic heterocycles. The molecule has 0 radical (unpaired) electrons. The zero-order valence-corrected chi connectivity index (χ0v) is 11.1. The first-order chi connectivity index (χ1) is 9.13. The Bertz CT molecular complexity index is 465. The van der Waals surface area contributed by atoms with Crippen molar-refractivity contribution in [2.24, 2.45) is 11.7 Å². The molecule has 1 aliphatic rings. The number of likely N-dealkylation sites (tertiary alicyclic amines) is 1. The van der Waals surface area contributed by atoms with Crippen LogP contribution < -0.4 is 5.73 Å². The molecule has 0 spiro atoms. The molecule has 2 rings (SSSR count). The minimum absolute atomic E-state index is 0.0919. The number of rotatable bonds is 4. The SMILES string of the molecule is COC(=O)C1CCN(Cc2cc(CN)ccc2F)C1. The molecule has 2 N–H and O–H groups in total. The average molecular weight is 266 g/mol. The van der Waals surface area contributed by atoms with Gasteiger partial charge in [-0.15, -0.1) is 0 Å². The van der Waals surface area contributed by atoms with Crippen molar-refractivity contribution in [3.63, 3.8) is 0 Å². The fraction of sp³-hybridized carbons (Fsp3) is 0.500. The van der Waals surface area contributed by atoms with Gasteiger partial charge in [0, 0.05) is 25.2 Å². The lowest BCUT2D eigenvalue weighted by Crippen LogP contribution is -2.24. The van der Waals surface area contributed by atoms with E-state index in [1.165, 1.54) is 13.2 Å². The third-order valence-electron chi connectivity index (χ3n) is 3.55. The third-order valence-corrected chi connectivity index (χ3v) is 3.55. The van der Waals surface area contributed by atoms with Crippen LogP contribution in [0.3, 0.4) is 0 Å². The highest BCUT2D eigenvalue weighted by atomic mass is 19.1. The van der Waals surface area contributed by atoms with E-state index in [9.17, 15) is 9.18 Å². The van der Waals surface area contributed by atoms with Crippen LogP contribution in [0.15, 0.2) is 18.2 Å². The maximum atomic E-state index is 13.7. The fourth-order valence-electron chi connectivity index (χ4n) is 2.45. The van der Waals surface area contributed by atoms with E-state index in [-0.39, 0.29) is 17.7 Å². The number of ether oxygens (including phenoxy) is 1. The minimum atomic E-state index is -0.223. The fourth-order valence-corrected chi connectivity index (χ4v) is 2.45. The molecule has 1 atom stereocenters. The van der Waals surface area contributed by atoms with Crippen molar-refractivity contribution in [1.29, 1.82) is 0 Å². The average Bonchev–Trinajstić information content (AvgIpc) is 2.89. The van der Waals surface area contributed by atoms with Crippen LogP contribution in [0.2, 0.25) is 0 Å². The summed E-state index contributed by atoms with van der Waals surface area (Å²) in [6, 6.07) is 4.94. The predicted molar refractivity (Wildman–Crippen MR) is 69.7 cm³/mol. The van der Waals surface area contributed by atoms with E-state index in [2.05, 4.69) is 4.90 Å². The number of hydrogen-bond acceptors (Lipinski definition) is 4. The van der Waals surface area contributed by atoms with Crippen molar-refractivity contribution in [3.05, 3.63) is 35.1 Å². The third kappa shape index (κ3) is 3.30. The van der Waals surface area contributed by atoms with Gasteiger partial charge in [0.15, 0.2) is 0 Å². The molecule has 0 saturated carbocycles. The van der Waals surface area contributed by atoms with Crippen LogP contribution in [-0.4, -0.2) is 31.1 Å². The maximum absolute atomic E-state index is 13.7. The molecule has 5 heteroatoms. The van der Waals surface area contributed by atoms with Gasteiger partial charge in [0.2, 0.25) is 0 Å². The molecule has 0 aromatic heterocycles. The van der Waals surface area contributed by atoms with Gasteiger partial charge in [-0.05, 0) is 24.6 Å². The summed E-state index contributed by atoms with van der Waals surface area (Å²) in [5, 5.41) is 0. The first-order valence-electron chi connectivity index (χ1n) is 6.41. The van der Waals surface area contributed by atoms with Gasteiger partial charge in [0.25, 0.3) is 0 Å². The molecular weight excluding hydrogens is 247 g/mol. The Morgan fingerprint density at radius 3 is 3.05 bits per heavy atom. The number of nitrogens with two attached hydrogens (primary N) is 1. The monoisotopic (exact) mass is 266 g/mol. The molecule has 1 fully saturated rings. The standard InChI is InChI=1S/C14H19FN2O2/c1-19-14(18)11-4-5-17(8-11)9-12-6-10(7-16)2-3-13(12)15/h2-3,6,11H,4-5,7-9,16H2,1H3. The van der Waals surface area contributed by atoms with Crippen molar-refractivity contribution in [2.75, 3.05) is 20.2 Å². The number of halogens is 1. The Morgan fingerprint density at radius 2 is 2.37 bits per heavy atom. The summed E-state index contributed by atoms with van der Waals surface area (Å²) in [7, 11) is 1.40. The number of carbonyl (C=O) groups excluding carboxylic acids is 1. The largest absolute Gasteiger partial charge is 0.469 e. The van der Waals surface area contributed by atoms with Crippen molar-refractivity contribution < 1.29 is 13.9 Å². The Hall–Kier alpha value is -1.46. The van der Waals surface area contributed by atoms with Gasteiger partial charge in [-0.25, -0.2) is 4.39 Å². The zero-order chi connectivity index (χ0) is 13.8. The van der Waals surface area contributed by atoms with Crippen molar-refractivity contribution in [3.8, 4) is 0 Å². The smallest absolute Gasteiger partial charge is 0.310 e. The second kappa shape index (κ2) is 6.12. The van der Waals surface area contributed by atoms with Crippen LogP contribution in [-0.2, 0) is 22.6 Å². The van der Waals surface area contributed by atoms with Gasteiger partial charge in [0.05, 0.1) is 13.0 Å². The molecule has 1 heterocycles. The highest BCUT2D eigenvalue weighted by Crippen LogP contribution is 2.21. The van der Waals surface area contributed by atoms with Crippen LogP contribution in [0.4, 0.5) is 4.39 Å². The first kappa shape index (κ1) is 14.0. The summed E-state index contributed by atoms with van der Waals surface area (Å²) in [5.74, 6) is -0.497. The van der Waals surface area contributed by atoms with Crippen LogP contribution in [0.5, 0.6) is 0 Å². The summed E-state index contributed by atoms with van der Waals surface area (Å²) in [5.41, 5.74) is 7.11. The molecule has 19 heavy (non-hydrogen) atoms. The van der Waals surface area contributed by atoms with E-state index >= 15 is 0 Å². The van der Waals surface area contributed by atoms with Crippen LogP contribution in [0.1, 0.15) is 17.5 Å². The van der Waals surface area contributed by atoms with Crippen molar-refractivity contribution in [2.45, 2.75) is 19.5 Å². The Morgan fingerprint density at radius 1 is 1.58 bits per heavy atom. The van der Waals surface area contributed by atoms with E-state index in [1.54, 1.807) is 12.1 Å². The Labute approximate surface area is 112 Å². The summed E-state index contributed by atoms with van der Waals surface area (Å²) >= 11 is 0. The van der Waals surface area contributed by atoms with Gasteiger partial charge in [-0.1, -0.05) is 12.1 Å². The molecule has 1 unspecified atom stereocenters. The van der Waals surface area contributed by atoms with Gasteiger partial charge < -0.3 is 10.5 Å². The lowest BCUT2D eigenvalue weighted by atomic mass is 10.1. The molecule has 1 aromatic rings. The second-order valence-electron chi connectivity index (χ2n) is 4.87. The number of methoxy groups -OCH3 is 1. The molecule has 1 saturated heterocycles. The van der Waals surface area contributed by atoms with Gasteiger partial charge >= 0.3 is 5.97 Å². The normalized spacial score (nSPS) is 19.6. The first-order valence-corrected chi connectivity index (χ1v) is 6.41. The van der Waals surface area contributed by atoms with Crippen LogP contribution >= 0.6 is 0 Å². The molecule has 1 aromatic carbocycles. The molecule has 0 amide bonds. The minimum Gasteiger partial charge on any atom is -0.469 e. The van der Waals surface area contributed by atoms with Crippen molar-refractivity contribution >= 4 is 5.97 Å². The summed E-state index contributed by atoms with van der Waals surface area (Å²) in [4.78, 5) is 13.5. The number of benzene rings is 1.